The summed E-state index contributed by atoms with van der Waals surface area (Å²) in [6, 6.07) is 12.6. The van der Waals surface area contributed by atoms with E-state index in [1.807, 2.05) is 31.2 Å². The molecular weight excluding hydrogens is 315 g/mol. The van der Waals surface area contributed by atoms with E-state index in [0.29, 0.717) is 6.42 Å². The smallest absolute Gasteiger partial charge is 0.123 e. The van der Waals surface area contributed by atoms with Gasteiger partial charge in [-0.3, -0.25) is 0 Å². The van der Waals surface area contributed by atoms with E-state index < -0.39 is 0 Å². The molecule has 0 aliphatic heterocycles. The summed E-state index contributed by atoms with van der Waals surface area (Å²) in [6.45, 7) is 2.03. The molecule has 2 rings (SSSR count). The Labute approximate surface area is 120 Å². The highest BCUT2D eigenvalue weighted by Crippen LogP contribution is 2.29. The number of halogens is 3. The van der Waals surface area contributed by atoms with Crippen LogP contribution in [0, 0.1) is 12.7 Å². The fraction of sp³-hybridized carbons (Fsp3) is 0.200. The molecule has 18 heavy (non-hydrogen) atoms. The second kappa shape index (κ2) is 5.85. The van der Waals surface area contributed by atoms with Gasteiger partial charge in [0.05, 0.1) is 5.38 Å². The Morgan fingerprint density at radius 2 is 2.00 bits per heavy atom. The minimum atomic E-state index is -0.219. The molecule has 0 saturated carbocycles. The highest BCUT2D eigenvalue weighted by atomic mass is 79.9. The fourth-order valence-corrected chi connectivity index (χ4v) is 2.87. The lowest BCUT2D eigenvalue weighted by atomic mass is 10.00. The van der Waals surface area contributed by atoms with Crippen LogP contribution in [0.15, 0.2) is 46.9 Å². The van der Waals surface area contributed by atoms with Crippen LogP contribution in [0.25, 0.3) is 0 Å². The van der Waals surface area contributed by atoms with E-state index in [0.717, 1.165) is 21.2 Å². The van der Waals surface area contributed by atoms with Crippen molar-refractivity contribution in [1.82, 2.24) is 0 Å². The molecule has 94 valence electrons. The van der Waals surface area contributed by atoms with Gasteiger partial charge in [0.15, 0.2) is 0 Å². The van der Waals surface area contributed by atoms with Gasteiger partial charge in [0, 0.05) is 4.47 Å². The normalized spacial score (nSPS) is 12.4. The third-order valence-corrected chi connectivity index (χ3v) is 3.76. The summed E-state index contributed by atoms with van der Waals surface area (Å²) >= 11 is 9.84. The van der Waals surface area contributed by atoms with Gasteiger partial charge in [-0.1, -0.05) is 34.1 Å². The first kappa shape index (κ1) is 13.6. The number of hydrogen-bond acceptors (Lipinski definition) is 0. The van der Waals surface area contributed by atoms with Crippen molar-refractivity contribution >= 4 is 27.5 Å². The topological polar surface area (TPSA) is 0 Å². The summed E-state index contributed by atoms with van der Waals surface area (Å²) in [4.78, 5) is 0. The Bertz CT molecular complexity index is 554. The average molecular weight is 328 g/mol. The predicted octanol–water partition coefficient (Wildman–Crippen LogP) is 5.42. The number of hydrogen-bond donors (Lipinski definition) is 0. The molecule has 0 spiro atoms. The molecule has 0 bridgehead atoms. The second-order valence-corrected chi connectivity index (χ2v) is 5.74. The molecule has 0 nitrogen and oxygen atoms in total. The monoisotopic (exact) mass is 326 g/mol. The molecule has 0 N–H and O–H groups in total. The predicted molar refractivity (Wildman–Crippen MR) is 77.6 cm³/mol. The molecule has 1 atom stereocenters. The van der Waals surface area contributed by atoms with Gasteiger partial charge in [0.1, 0.15) is 5.82 Å². The van der Waals surface area contributed by atoms with Crippen molar-refractivity contribution in [2.75, 3.05) is 0 Å². The number of aryl methyl sites for hydroxylation is 1. The van der Waals surface area contributed by atoms with Gasteiger partial charge in [0.2, 0.25) is 0 Å². The second-order valence-electron chi connectivity index (χ2n) is 4.30. The molecule has 3 heteroatoms. The molecule has 0 amide bonds. The van der Waals surface area contributed by atoms with E-state index in [9.17, 15) is 4.39 Å². The standard InChI is InChI=1S/C15H13BrClF/c1-10-7-12(16)5-6-14(10)15(17)9-11-3-2-4-13(18)8-11/h2-8,15H,9H2,1H3. The van der Waals surface area contributed by atoms with Gasteiger partial charge in [-0.05, 0) is 54.3 Å². The van der Waals surface area contributed by atoms with Crippen LogP contribution in [0.3, 0.4) is 0 Å². The lowest BCUT2D eigenvalue weighted by Gasteiger charge is -2.13. The summed E-state index contributed by atoms with van der Waals surface area (Å²) in [5.74, 6) is -0.219. The zero-order chi connectivity index (χ0) is 13.1. The van der Waals surface area contributed by atoms with Crippen LogP contribution in [0.1, 0.15) is 22.1 Å². The fourth-order valence-electron chi connectivity index (χ4n) is 1.97. The van der Waals surface area contributed by atoms with E-state index in [1.54, 1.807) is 6.07 Å². The van der Waals surface area contributed by atoms with E-state index >= 15 is 0 Å². The first-order chi connectivity index (χ1) is 8.56. The molecular formula is C15H13BrClF. The lowest BCUT2D eigenvalue weighted by molar-refractivity contribution is 0.625. The summed E-state index contributed by atoms with van der Waals surface area (Å²) in [6.07, 6.45) is 0.627. The third kappa shape index (κ3) is 3.33. The molecule has 2 aromatic rings. The van der Waals surface area contributed by atoms with Crippen LogP contribution in [0.5, 0.6) is 0 Å². The van der Waals surface area contributed by atoms with E-state index in [4.69, 9.17) is 11.6 Å². The summed E-state index contributed by atoms with van der Waals surface area (Å²) in [5.41, 5.74) is 3.14. The molecule has 0 radical (unpaired) electrons. The molecule has 0 saturated heterocycles. The maximum absolute atomic E-state index is 13.1. The van der Waals surface area contributed by atoms with Crippen LogP contribution >= 0.6 is 27.5 Å². The van der Waals surface area contributed by atoms with Crippen molar-refractivity contribution in [2.24, 2.45) is 0 Å². The number of rotatable bonds is 3. The van der Waals surface area contributed by atoms with Crippen molar-refractivity contribution in [1.29, 1.82) is 0 Å². The highest BCUT2D eigenvalue weighted by Gasteiger charge is 2.12. The first-order valence-electron chi connectivity index (χ1n) is 5.71. The van der Waals surface area contributed by atoms with Gasteiger partial charge in [-0.25, -0.2) is 4.39 Å². The van der Waals surface area contributed by atoms with E-state index in [1.165, 1.54) is 12.1 Å². The Morgan fingerprint density at radius 1 is 1.22 bits per heavy atom. The summed E-state index contributed by atoms with van der Waals surface area (Å²) < 4.78 is 14.1. The van der Waals surface area contributed by atoms with E-state index in [2.05, 4.69) is 15.9 Å². The zero-order valence-electron chi connectivity index (χ0n) is 9.96. The van der Waals surface area contributed by atoms with Crippen LogP contribution in [-0.2, 0) is 6.42 Å². The molecule has 0 aliphatic rings. The first-order valence-corrected chi connectivity index (χ1v) is 6.94. The molecule has 0 heterocycles. The third-order valence-electron chi connectivity index (χ3n) is 2.87. The van der Waals surface area contributed by atoms with Crippen molar-refractivity contribution in [3.8, 4) is 0 Å². The minimum Gasteiger partial charge on any atom is -0.207 e. The zero-order valence-corrected chi connectivity index (χ0v) is 12.3. The van der Waals surface area contributed by atoms with Gasteiger partial charge < -0.3 is 0 Å². The summed E-state index contributed by atoms with van der Waals surface area (Å²) in [5, 5.41) is -0.139. The average Bonchev–Trinajstić information content (AvgIpc) is 2.28. The lowest BCUT2D eigenvalue weighted by Crippen LogP contribution is -1.98. The number of alkyl halides is 1. The maximum Gasteiger partial charge on any atom is 0.123 e. The largest absolute Gasteiger partial charge is 0.207 e. The van der Waals surface area contributed by atoms with E-state index in [-0.39, 0.29) is 11.2 Å². The molecule has 0 fully saturated rings. The van der Waals surface area contributed by atoms with Gasteiger partial charge in [-0.2, -0.15) is 0 Å². The van der Waals surface area contributed by atoms with Gasteiger partial charge >= 0.3 is 0 Å². The number of benzene rings is 2. The van der Waals surface area contributed by atoms with Crippen LogP contribution in [0.2, 0.25) is 0 Å². The van der Waals surface area contributed by atoms with Crippen LogP contribution < -0.4 is 0 Å². The van der Waals surface area contributed by atoms with Crippen molar-refractivity contribution in [3.05, 3.63) is 69.4 Å². The molecule has 1 unspecified atom stereocenters. The van der Waals surface area contributed by atoms with Gasteiger partial charge in [-0.15, -0.1) is 11.6 Å². The Kier molecular flexibility index (Phi) is 4.41. The van der Waals surface area contributed by atoms with Crippen molar-refractivity contribution in [3.63, 3.8) is 0 Å². The molecule has 2 aromatic carbocycles. The quantitative estimate of drug-likeness (QED) is 0.660. The Hall–Kier alpha value is -0.860. The Balaban J connectivity index is 2.19. The van der Waals surface area contributed by atoms with Crippen LogP contribution in [0.4, 0.5) is 4.39 Å². The van der Waals surface area contributed by atoms with Crippen molar-refractivity contribution < 1.29 is 4.39 Å². The van der Waals surface area contributed by atoms with Crippen molar-refractivity contribution in [2.45, 2.75) is 18.7 Å². The minimum absolute atomic E-state index is 0.139. The SMILES string of the molecule is Cc1cc(Br)ccc1C(Cl)Cc1cccc(F)c1. The Morgan fingerprint density at radius 3 is 2.67 bits per heavy atom. The van der Waals surface area contributed by atoms with Crippen LogP contribution in [-0.4, -0.2) is 0 Å². The molecule has 0 aliphatic carbocycles. The highest BCUT2D eigenvalue weighted by molar-refractivity contribution is 9.10. The maximum atomic E-state index is 13.1. The molecule has 0 aromatic heterocycles. The van der Waals surface area contributed by atoms with Gasteiger partial charge in [0.25, 0.3) is 0 Å². The summed E-state index contributed by atoms with van der Waals surface area (Å²) in [7, 11) is 0.